The fraction of sp³-hybridized carbons (Fsp3) is 0.538. The van der Waals surface area contributed by atoms with Gasteiger partial charge in [-0.25, -0.2) is 0 Å². The zero-order valence-electron chi connectivity index (χ0n) is 10.3. The molecule has 0 saturated carbocycles. The number of aryl methyl sites for hydroxylation is 1. The molecule has 0 spiro atoms. The molecule has 1 aromatic carbocycles. The van der Waals surface area contributed by atoms with Gasteiger partial charge in [0, 0.05) is 5.30 Å². The summed E-state index contributed by atoms with van der Waals surface area (Å²) in [7, 11) is -2.05. The van der Waals surface area contributed by atoms with Crippen molar-refractivity contribution in [3.63, 3.8) is 0 Å². The van der Waals surface area contributed by atoms with Crippen LogP contribution >= 0.6 is 8.03 Å². The lowest BCUT2D eigenvalue weighted by Gasteiger charge is -2.08. The third kappa shape index (κ3) is 4.51. The maximum atomic E-state index is 11.9. The molecule has 0 radical (unpaired) electrons. The van der Waals surface area contributed by atoms with Gasteiger partial charge in [0.25, 0.3) is 0 Å². The van der Waals surface area contributed by atoms with E-state index in [1.54, 1.807) is 0 Å². The lowest BCUT2D eigenvalue weighted by molar-refractivity contribution is 0.314. The minimum atomic E-state index is -2.05. The Balaban J connectivity index is 2.39. The zero-order valence-corrected chi connectivity index (χ0v) is 11.3. The number of rotatable bonds is 6. The largest absolute Gasteiger partial charge is 0.327 e. The first-order valence-electron chi connectivity index (χ1n) is 5.84. The minimum absolute atomic E-state index is 0.601. The topological polar surface area (TPSA) is 26.3 Å². The van der Waals surface area contributed by atoms with E-state index in [4.69, 9.17) is 4.52 Å². The highest BCUT2D eigenvalue weighted by Gasteiger charge is 2.06. The van der Waals surface area contributed by atoms with Crippen LogP contribution in [0.3, 0.4) is 0 Å². The van der Waals surface area contributed by atoms with E-state index in [0.29, 0.717) is 12.5 Å². The van der Waals surface area contributed by atoms with Gasteiger partial charge < -0.3 is 4.52 Å². The lowest BCUT2D eigenvalue weighted by atomic mass is 10.1. The molecule has 1 unspecified atom stereocenters. The molecular formula is C13H21O2P. The monoisotopic (exact) mass is 240 g/mol. The molecule has 16 heavy (non-hydrogen) atoms. The highest BCUT2D eigenvalue weighted by atomic mass is 31.1. The Kier molecular flexibility index (Phi) is 5.79. The fourth-order valence-corrected chi connectivity index (χ4v) is 2.66. The summed E-state index contributed by atoms with van der Waals surface area (Å²) in [6.45, 7) is 6.94. The average molecular weight is 240 g/mol. The summed E-state index contributed by atoms with van der Waals surface area (Å²) >= 11 is 0. The summed E-state index contributed by atoms with van der Waals surface area (Å²) in [4.78, 5) is 0. The molecule has 1 atom stereocenters. The maximum absolute atomic E-state index is 11.9. The molecule has 0 aliphatic heterocycles. The summed E-state index contributed by atoms with van der Waals surface area (Å²) in [5.74, 6) is 0.685. The van der Waals surface area contributed by atoms with Gasteiger partial charge >= 0.3 is 0 Å². The Labute approximate surface area is 98.9 Å². The highest BCUT2D eigenvalue weighted by Crippen LogP contribution is 2.23. The predicted molar refractivity (Wildman–Crippen MR) is 69.8 cm³/mol. The zero-order chi connectivity index (χ0) is 12.0. The molecule has 2 nitrogen and oxygen atoms in total. The van der Waals surface area contributed by atoms with Crippen molar-refractivity contribution in [1.29, 1.82) is 0 Å². The maximum Gasteiger partial charge on any atom is 0.220 e. The first-order valence-corrected chi connectivity index (χ1v) is 7.15. The quantitative estimate of drug-likeness (QED) is 0.561. The van der Waals surface area contributed by atoms with Crippen molar-refractivity contribution in [2.75, 3.05) is 6.61 Å². The molecule has 0 amide bonds. The Morgan fingerprint density at radius 3 is 2.62 bits per heavy atom. The Hall–Kier alpha value is -0.590. The van der Waals surface area contributed by atoms with Crippen LogP contribution in [0.1, 0.15) is 32.3 Å². The van der Waals surface area contributed by atoms with Crippen LogP contribution in [-0.4, -0.2) is 6.61 Å². The van der Waals surface area contributed by atoms with Crippen molar-refractivity contribution in [1.82, 2.24) is 0 Å². The van der Waals surface area contributed by atoms with E-state index in [1.165, 1.54) is 0 Å². The van der Waals surface area contributed by atoms with Gasteiger partial charge in [0.05, 0.1) is 6.61 Å². The van der Waals surface area contributed by atoms with Gasteiger partial charge in [-0.05, 0) is 37.3 Å². The molecule has 0 aliphatic carbocycles. The van der Waals surface area contributed by atoms with Crippen LogP contribution in [0.15, 0.2) is 24.3 Å². The number of hydrogen-bond acceptors (Lipinski definition) is 2. The highest BCUT2D eigenvalue weighted by molar-refractivity contribution is 7.48. The second-order valence-corrected chi connectivity index (χ2v) is 5.89. The average Bonchev–Trinajstić information content (AvgIpc) is 2.24. The normalized spacial score (nSPS) is 13.0. The first kappa shape index (κ1) is 13.5. The summed E-state index contributed by atoms with van der Waals surface area (Å²) in [5, 5.41) is 0.858. The molecule has 0 N–H and O–H groups in total. The summed E-state index contributed by atoms with van der Waals surface area (Å²) in [5.41, 5.74) is 1.05. The van der Waals surface area contributed by atoms with Crippen molar-refractivity contribution in [3.05, 3.63) is 29.8 Å². The van der Waals surface area contributed by atoms with Crippen LogP contribution < -0.4 is 5.30 Å². The summed E-state index contributed by atoms with van der Waals surface area (Å²) in [6.07, 6.45) is 2.11. The third-order valence-electron chi connectivity index (χ3n) is 2.52. The van der Waals surface area contributed by atoms with Gasteiger partial charge in [-0.3, -0.25) is 4.57 Å². The van der Waals surface area contributed by atoms with Crippen LogP contribution in [-0.2, 0) is 9.09 Å². The number of benzene rings is 1. The van der Waals surface area contributed by atoms with Gasteiger partial charge in [-0.2, -0.15) is 0 Å². The molecule has 90 valence electrons. The van der Waals surface area contributed by atoms with E-state index in [0.717, 1.165) is 23.7 Å². The van der Waals surface area contributed by atoms with Crippen molar-refractivity contribution >= 4 is 13.3 Å². The van der Waals surface area contributed by atoms with E-state index in [1.807, 2.05) is 31.2 Å². The van der Waals surface area contributed by atoms with Crippen LogP contribution in [0.2, 0.25) is 0 Å². The molecule has 0 fully saturated rings. The van der Waals surface area contributed by atoms with Crippen LogP contribution in [0, 0.1) is 12.8 Å². The van der Waals surface area contributed by atoms with E-state index < -0.39 is 8.03 Å². The van der Waals surface area contributed by atoms with E-state index in [2.05, 4.69) is 13.8 Å². The van der Waals surface area contributed by atoms with Gasteiger partial charge in [0.1, 0.15) is 0 Å². The molecule has 0 saturated heterocycles. The van der Waals surface area contributed by atoms with Crippen molar-refractivity contribution in [2.45, 2.75) is 33.6 Å². The van der Waals surface area contributed by atoms with Crippen LogP contribution in [0.25, 0.3) is 0 Å². The van der Waals surface area contributed by atoms with Crippen molar-refractivity contribution < 1.29 is 9.09 Å². The number of hydrogen-bond donors (Lipinski definition) is 0. The lowest BCUT2D eigenvalue weighted by Crippen LogP contribution is -2.03. The molecule has 0 aromatic heterocycles. The fourth-order valence-electron chi connectivity index (χ4n) is 1.54. The van der Waals surface area contributed by atoms with Gasteiger partial charge in [-0.1, -0.05) is 32.0 Å². The Morgan fingerprint density at radius 1 is 1.31 bits per heavy atom. The smallest absolute Gasteiger partial charge is 0.220 e. The van der Waals surface area contributed by atoms with E-state index in [-0.39, 0.29) is 0 Å². The molecule has 0 aliphatic rings. The first-order chi connectivity index (χ1) is 7.61. The molecular weight excluding hydrogens is 219 g/mol. The molecule has 0 bridgehead atoms. The summed E-state index contributed by atoms with van der Waals surface area (Å²) in [6, 6.07) is 7.71. The van der Waals surface area contributed by atoms with E-state index >= 15 is 0 Å². The van der Waals surface area contributed by atoms with Gasteiger partial charge in [0.2, 0.25) is 8.03 Å². The Bertz CT molecular complexity index is 348. The Morgan fingerprint density at radius 2 is 2.00 bits per heavy atom. The molecule has 3 heteroatoms. The van der Waals surface area contributed by atoms with Crippen molar-refractivity contribution in [3.8, 4) is 0 Å². The second kappa shape index (κ2) is 6.88. The van der Waals surface area contributed by atoms with Crippen molar-refractivity contribution in [2.24, 2.45) is 5.92 Å². The summed E-state index contributed by atoms with van der Waals surface area (Å²) < 4.78 is 17.3. The van der Waals surface area contributed by atoms with Gasteiger partial charge in [-0.15, -0.1) is 0 Å². The second-order valence-electron chi connectivity index (χ2n) is 4.49. The standard InChI is InChI=1S/C13H21O2P/c1-11(2)7-6-10-15-16(14)13-9-5-4-8-12(13)3/h4-5,8-9,11,16H,6-7,10H2,1-3H3. The molecule has 0 heterocycles. The van der Waals surface area contributed by atoms with Gasteiger partial charge in [0.15, 0.2) is 0 Å². The van der Waals surface area contributed by atoms with Crippen LogP contribution in [0.5, 0.6) is 0 Å². The molecule has 1 aromatic rings. The molecule has 1 rings (SSSR count). The predicted octanol–water partition coefficient (Wildman–Crippen LogP) is 3.55. The minimum Gasteiger partial charge on any atom is -0.327 e. The van der Waals surface area contributed by atoms with E-state index in [9.17, 15) is 4.57 Å². The SMILES string of the molecule is Cc1ccccc1[PH](=O)OCCCC(C)C. The van der Waals surface area contributed by atoms with Crippen LogP contribution in [0.4, 0.5) is 0 Å². The third-order valence-corrected chi connectivity index (χ3v) is 3.99.